The average Bonchev–Trinajstić information content (AvgIpc) is 3.79. The smallest absolute Gasteiger partial charge is 0.142 e. The molecule has 0 aliphatic heterocycles. The third-order valence-corrected chi connectivity index (χ3v) is 20.8. The molecular weight excluding hydrogens is 721 g/mol. The minimum atomic E-state index is -0.340. The van der Waals surface area contributed by atoms with E-state index < -0.39 is 0 Å². The monoisotopic (exact) mass is 793 g/mol. The minimum Gasteiger partial charge on any atom is -0.299 e. The fourth-order valence-corrected chi connectivity index (χ4v) is 16.5. The van der Waals surface area contributed by atoms with E-state index in [0.29, 0.717) is 46.8 Å². The zero-order chi connectivity index (χ0) is 42.0. The number of ketones is 4. The summed E-state index contributed by atoms with van der Waals surface area (Å²) in [6.45, 7) is 25.2. The molecule has 10 aliphatic rings. The molecule has 0 saturated heterocycles. The first-order chi connectivity index (χ1) is 27.0. The first kappa shape index (κ1) is 40.7. The van der Waals surface area contributed by atoms with Gasteiger partial charge in [0, 0.05) is 22.8 Å². The lowest BCUT2D eigenvalue weighted by Crippen LogP contribution is -2.42. The molecule has 8 heteroatoms. The van der Waals surface area contributed by atoms with Crippen molar-refractivity contribution in [3.8, 4) is 0 Å². The van der Waals surface area contributed by atoms with Crippen LogP contribution in [0.4, 0.5) is 0 Å². The van der Waals surface area contributed by atoms with E-state index in [0.717, 1.165) is 113 Å². The molecule has 0 aromatic rings. The van der Waals surface area contributed by atoms with Crippen LogP contribution in [0.1, 0.15) is 173 Å². The van der Waals surface area contributed by atoms with Crippen molar-refractivity contribution in [1.82, 2.24) is 0 Å². The van der Waals surface area contributed by atoms with Gasteiger partial charge in [-0.15, -0.1) is 0 Å². The van der Waals surface area contributed by atoms with Crippen molar-refractivity contribution in [3.63, 3.8) is 0 Å². The molecule has 8 bridgehead atoms. The molecule has 58 heavy (non-hydrogen) atoms. The van der Waals surface area contributed by atoms with E-state index in [9.17, 15) is 19.2 Å². The summed E-state index contributed by atoms with van der Waals surface area (Å²) in [5.41, 5.74) is 3.40. The van der Waals surface area contributed by atoms with E-state index in [2.05, 4.69) is 55.4 Å². The van der Waals surface area contributed by atoms with Gasteiger partial charge in [0.1, 0.15) is 23.1 Å². The zero-order valence-electron chi connectivity index (χ0n) is 37.9. The molecule has 10 fully saturated rings. The van der Waals surface area contributed by atoms with Crippen molar-refractivity contribution in [2.45, 2.75) is 197 Å². The van der Waals surface area contributed by atoms with Crippen LogP contribution < -0.4 is 0 Å². The first-order valence-electron chi connectivity index (χ1n) is 23.3. The van der Waals surface area contributed by atoms with E-state index in [1.165, 1.54) is 0 Å². The van der Waals surface area contributed by atoms with E-state index in [1.807, 2.05) is 0 Å². The topological polar surface area (TPSA) is 118 Å². The number of hydrogen-bond donors (Lipinski definition) is 0. The van der Waals surface area contributed by atoms with Gasteiger partial charge in [0.25, 0.3) is 0 Å². The number of fused-ring (bicyclic) bond motifs is 8. The maximum atomic E-state index is 12.7. The number of aliphatic imine (C=N–C) groups is 4. The number of Topliss-reactive ketones (excluding diaryl/α,β-unsaturated/α-hetero) is 4. The van der Waals surface area contributed by atoms with Gasteiger partial charge in [-0.05, 0) is 163 Å². The third-order valence-electron chi connectivity index (χ3n) is 20.8. The van der Waals surface area contributed by atoms with Crippen LogP contribution in [0, 0.1) is 67.0 Å². The Balaban J connectivity index is 0.000000150. The van der Waals surface area contributed by atoms with Gasteiger partial charge in [0.15, 0.2) is 0 Å². The largest absolute Gasteiger partial charge is 0.299 e. The quantitative estimate of drug-likeness (QED) is 0.243. The Bertz CT molecular complexity index is 1730. The normalized spacial score (nSPS) is 48.6. The van der Waals surface area contributed by atoms with Gasteiger partial charge >= 0.3 is 0 Å². The lowest BCUT2D eigenvalue weighted by Gasteiger charge is -2.36. The third kappa shape index (κ3) is 4.87. The molecule has 0 spiro atoms. The minimum absolute atomic E-state index is 0.0290. The van der Waals surface area contributed by atoms with Crippen molar-refractivity contribution in [2.24, 2.45) is 87.0 Å². The second-order valence-electron chi connectivity index (χ2n) is 23.5. The number of rotatable bonds is 8. The highest BCUT2D eigenvalue weighted by molar-refractivity contribution is 6.14. The molecule has 316 valence electrons. The summed E-state index contributed by atoms with van der Waals surface area (Å²) >= 11 is 0. The van der Waals surface area contributed by atoms with E-state index in [4.69, 9.17) is 20.0 Å². The highest BCUT2D eigenvalue weighted by Crippen LogP contribution is 2.68. The molecule has 10 saturated carbocycles. The molecule has 0 aromatic heterocycles. The van der Waals surface area contributed by atoms with Crippen LogP contribution in [0.25, 0.3) is 0 Å². The Labute approximate surface area is 348 Å². The molecular formula is C50H72N4O4. The van der Waals surface area contributed by atoms with E-state index in [1.54, 1.807) is 27.7 Å². The van der Waals surface area contributed by atoms with Crippen LogP contribution in [0.2, 0.25) is 0 Å². The molecule has 12 atom stereocenters. The standard InChI is InChI=1S/2C25H36N2O2/c2*1-14(28)24-9-7-16(22(24,3)4)11-20(24)26-18-13-19(18)27-21-12-17-8-10-25(21,15(2)29)23(17,5)6/h2*16-19H,7-13H2,1-6H3/t2*16?,17?,18-,19-,24?,25?/m10/s1. The molecule has 0 aromatic carbocycles. The van der Waals surface area contributed by atoms with E-state index in [-0.39, 0.29) is 67.5 Å². The SMILES string of the molecule is CC(=O)C12CCC(CC1=N[C@@H]1C[C@H]1N=C1CC3CCC1(C(C)=O)C3(C)C)C2(C)C.CC(=O)C12CCC(CC1=N[C@H]1C[C@@H]1N=C1CC3CCC1(C(C)=O)C3(C)C)C2(C)C. The van der Waals surface area contributed by atoms with Gasteiger partial charge in [0.2, 0.25) is 0 Å². The average molecular weight is 793 g/mol. The lowest BCUT2D eigenvalue weighted by atomic mass is 9.66. The summed E-state index contributed by atoms with van der Waals surface area (Å²) in [6.07, 6.45) is 14.4. The van der Waals surface area contributed by atoms with Crippen LogP contribution in [0.5, 0.6) is 0 Å². The maximum absolute atomic E-state index is 12.7. The van der Waals surface area contributed by atoms with Gasteiger partial charge in [-0.1, -0.05) is 55.4 Å². The van der Waals surface area contributed by atoms with E-state index >= 15 is 0 Å². The Kier molecular flexibility index (Phi) is 8.77. The molecule has 8 unspecified atom stereocenters. The van der Waals surface area contributed by atoms with Gasteiger partial charge in [0.05, 0.1) is 45.8 Å². The number of hydrogen-bond acceptors (Lipinski definition) is 8. The molecule has 10 rings (SSSR count). The van der Waals surface area contributed by atoms with Crippen molar-refractivity contribution in [2.75, 3.05) is 0 Å². The predicted octanol–water partition coefficient (Wildman–Crippen LogP) is 9.68. The van der Waals surface area contributed by atoms with Crippen LogP contribution in [-0.4, -0.2) is 70.1 Å². The van der Waals surface area contributed by atoms with Crippen LogP contribution >= 0.6 is 0 Å². The molecule has 0 radical (unpaired) electrons. The second-order valence-corrected chi connectivity index (χ2v) is 23.5. The molecule has 10 aliphatic carbocycles. The van der Waals surface area contributed by atoms with Crippen molar-refractivity contribution < 1.29 is 19.2 Å². The highest BCUT2D eigenvalue weighted by Gasteiger charge is 2.69. The predicted molar refractivity (Wildman–Crippen MR) is 231 cm³/mol. The summed E-state index contributed by atoms with van der Waals surface area (Å²) in [7, 11) is 0. The Morgan fingerprint density at radius 2 is 0.569 bits per heavy atom. The second kappa shape index (κ2) is 12.5. The number of carbonyl (C=O) groups excluding carboxylic acids is 4. The van der Waals surface area contributed by atoms with Crippen LogP contribution in [0.15, 0.2) is 20.0 Å². The summed E-state index contributed by atoms with van der Waals surface area (Å²) in [5, 5.41) is 0. The van der Waals surface area contributed by atoms with Gasteiger partial charge in [-0.25, -0.2) is 0 Å². The van der Waals surface area contributed by atoms with Gasteiger partial charge in [-0.3, -0.25) is 39.1 Å². The fourth-order valence-electron chi connectivity index (χ4n) is 16.5. The summed E-state index contributed by atoms with van der Waals surface area (Å²) < 4.78 is 0. The van der Waals surface area contributed by atoms with Crippen molar-refractivity contribution in [1.29, 1.82) is 0 Å². The maximum Gasteiger partial charge on any atom is 0.142 e. The van der Waals surface area contributed by atoms with Gasteiger partial charge in [-0.2, -0.15) is 0 Å². The summed E-state index contributed by atoms with van der Waals surface area (Å²) in [4.78, 5) is 71.6. The fraction of sp³-hybridized carbons (Fsp3) is 0.840. The Hall–Kier alpha value is -2.64. The van der Waals surface area contributed by atoms with Gasteiger partial charge < -0.3 is 0 Å². The molecule has 0 N–H and O–H groups in total. The first-order valence-corrected chi connectivity index (χ1v) is 23.3. The molecule has 0 amide bonds. The van der Waals surface area contributed by atoms with Crippen molar-refractivity contribution >= 4 is 46.0 Å². The summed E-state index contributed by atoms with van der Waals surface area (Å²) in [5.74, 6) is 3.54. The van der Waals surface area contributed by atoms with Crippen molar-refractivity contribution in [3.05, 3.63) is 0 Å². The Morgan fingerprint density at radius 1 is 0.379 bits per heavy atom. The highest BCUT2D eigenvalue weighted by atomic mass is 16.1. The lowest BCUT2D eigenvalue weighted by molar-refractivity contribution is -0.127. The molecule has 0 heterocycles. The van der Waals surface area contributed by atoms with Crippen LogP contribution in [-0.2, 0) is 19.2 Å². The number of carbonyl (C=O) groups is 4. The van der Waals surface area contributed by atoms with Crippen LogP contribution in [0.3, 0.4) is 0 Å². The zero-order valence-corrected chi connectivity index (χ0v) is 37.9. The number of nitrogens with zero attached hydrogens (tertiary/aromatic N) is 4. The Morgan fingerprint density at radius 3 is 0.724 bits per heavy atom. The molecule has 8 nitrogen and oxygen atoms in total. The summed E-state index contributed by atoms with van der Waals surface area (Å²) in [6, 6.07) is 0.871.